The number of aliphatic hydroxyl groups excluding tert-OH is 6. The van der Waals surface area contributed by atoms with E-state index in [0.717, 1.165) is 30.4 Å². The van der Waals surface area contributed by atoms with E-state index >= 15 is 0 Å². The van der Waals surface area contributed by atoms with Crippen LogP contribution in [-0.2, 0) is 30.5 Å². The molecule has 0 spiro atoms. The zero-order valence-electron chi connectivity index (χ0n) is 24.2. The Morgan fingerprint density at radius 1 is 0.780 bits per heavy atom. The van der Waals surface area contributed by atoms with Crippen LogP contribution in [0.4, 0.5) is 0 Å². The Kier molecular flexibility index (Phi) is 23.4. The Hall–Kier alpha value is -2.87. The number of aliphatic hydroxyl groups is 6. The van der Waals surface area contributed by atoms with Crippen molar-refractivity contribution < 1.29 is 59.6 Å². The van der Waals surface area contributed by atoms with Crippen LogP contribution in [0.2, 0.25) is 0 Å². The molecule has 7 N–H and O–H groups in total. The topological polar surface area (TPSA) is 211 Å². The SMILES string of the molecule is C=Cc1ccc(COC(=O)C(CC)(CO)CO)cc1.CCC(CO)(CO)C(=O)O.O=C(CCCCCO)OCCO. The third-order valence-electron chi connectivity index (χ3n) is 6.43. The molecule has 1 aromatic carbocycles. The molecule has 236 valence electrons. The van der Waals surface area contributed by atoms with Gasteiger partial charge in [0.05, 0.1) is 33.0 Å². The van der Waals surface area contributed by atoms with Crippen molar-refractivity contribution in [3.8, 4) is 0 Å². The van der Waals surface area contributed by atoms with Gasteiger partial charge in [-0.3, -0.25) is 14.4 Å². The quantitative estimate of drug-likeness (QED) is 0.0955. The van der Waals surface area contributed by atoms with Crippen LogP contribution in [0, 0.1) is 10.8 Å². The van der Waals surface area contributed by atoms with Crippen LogP contribution >= 0.6 is 0 Å². The molecule has 0 aliphatic carbocycles. The lowest BCUT2D eigenvalue weighted by Crippen LogP contribution is -2.39. The Morgan fingerprint density at radius 2 is 1.32 bits per heavy atom. The average Bonchev–Trinajstić information content (AvgIpc) is 3.00. The molecule has 0 atom stereocenters. The second kappa shape index (κ2) is 23.8. The fraction of sp³-hybridized carbons (Fsp3) is 0.621. The van der Waals surface area contributed by atoms with E-state index in [1.165, 1.54) is 0 Å². The van der Waals surface area contributed by atoms with Crippen molar-refractivity contribution >= 4 is 24.0 Å². The summed E-state index contributed by atoms with van der Waals surface area (Å²) >= 11 is 0. The molecule has 12 heteroatoms. The first-order valence-corrected chi connectivity index (χ1v) is 13.5. The smallest absolute Gasteiger partial charge is 0.317 e. The number of benzene rings is 1. The summed E-state index contributed by atoms with van der Waals surface area (Å²) in [6, 6.07) is 7.44. The summed E-state index contributed by atoms with van der Waals surface area (Å²) in [6.07, 6.45) is 4.97. The Morgan fingerprint density at radius 3 is 1.68 bits per heavy atom. The van der Waals surface area contributed by atoms with E-state index in [9.17, 15) is 24.6 Å². The highest BCUT2D eigenvalue weighted by atomic mass is 16.5. The number of ether oxygens (including phenoxy) is 2. The number of hydrogen-bond donors (Lipinski definition) is 7. The fourth-order valence-corrected chi connectivity index (χ4v) is 2.95. The van der Waals surface area contributed by atoms with E-state index in [1.807, 2.05) is 24.3 Å². The highest BCUT2D eigenvalue weighted by molar-refractivity contribution is 5.77. The molecular formula is C29H48O12. The zero-order chi connectivity index (χ0) is 31.7. The number of rotatable bonds is 18. The maximum atomic E-state index is 11.9. The van der Waals surface area contributed by atoms with Crippen LogP contribution in [0.3, 0.4) is 0 Å². The molecule has 1 aromatic rings. The van der Waals surface area contributed by atoms with Crippen molar-refractivity contribution in [2.75, 3.05) is 46.2 Å². The minimum Gasteiger partial charge on any atom is -0.481 e. The number of carboxylic acid groups (broad SMARTS) is 1. The number of carbonyl (C=O) groups excluding carboxylic acids is 2. The van der Waals surface area contributed by atoms with Crippen LogP contribution < -0.4 is 0 Å². The van der Waals surface area contributed by atoms with E-state index in [0.29, 0.717) is 12.8 Å². The predicted octanol–water partition coefficient (Wildman–Crippen LogP) is 1.28. The van der Waals surface area contributed by atoms with Crippen LogP contribution in [0.15, 0.2) is 30.8 Å². The van der Waals surface area contributed by atoms with Gasteiger partial charge in [0.25, 0.3) is 0 Å². The molecule has 0 saturated carbocycles. The number of aliphatic carboxylic acids is 1. The summed E-state index contributed by atoms with van der Waals surface area (Å²) in [5, 5.41) is 60.9. The fourth-order valence-electron chi connectivity index (χ4n) is 2.95. The van der Waals surface area contributed by atoms with Gasteiger partial charge in [-0.15, -0.1) is 0 Å². The molecule has 12 nitrogen and oxygen atoms in total. The van der Waals surface area contributed by atoms with Gasteiger partial charge in [0, 0.05) is 13.0 Å². The number of esters is 2. The Labute approximate surface area is 241 Å². The van der Waals surface area contributed by atoms with Gasteiger partial charge in [-0.05, 0) is 36.8 Å². The van der Waals surface area contributed by atoms with Gasteiger partial charge in [0.1, 0.15) is 24.0 Å². The molecule has 0 amide bonds. The van der Waals surface area contributed by atoms with Gasteiger partial charge in [-0.1, -0.05) is 57.2 Å². The third-order valence-corrected chi connectivity index (χ3v) is 6.43. The van der Waals surface area contributed by atoms with E-state index in [1.54, 1.807) is 19.9 Å². The minimum absolute atomic E-state index is 0.0822. The highest BCUT2D eigenvalue weighted by Gasteiger charge is 2.37. The number of carbonyl (C=O) groups is 3. The molecule has 0 aliphatic rings. The minimum atomic E-state index is -1.35. The van der Waals surface area contributed by atoms with Crippen molar-refractivity contribution in [3.05, 3.63) is 42.0 Å². The summed E-state index contributed by atoms with van der Waals surface area (Å²) < 4.78 is 9.77. The molecular weight excluding hydrogens is 540 g/mol. The Balaban J connectivity index is 0. The lowest BCUT2D eigenvalue weighted by atomic mass is 9.87. The maximum Gasteiger partial charge on any atom is 0.317 e. The largest absolute Gasteiger partial charge is 0.481 e. The van der Waals surface area contributed by atoms with Crippen molar-refractivity contribution in [1.82, 2.24) is 0 Å². The summed E-state index contributed by atoms with van der Waals surface area (Å²) in [5.74, 6) is -2.00. The molecule has 0 aliphatic heterocycles. The standard InChI is InChI=1S/C15H20O4.C8H16O4.C6H12O4/c1-3-12-5-7-13(8-6-12)9-19-14(18)15(4-2,10-16)11-17;9-5-3-1-2-4-8(11)12-7-6-10;1-2-6(3-7,4-8)5(9)10/h3,5-8,16-17H,1,4,9-11H2,2H3;9-10H,1-7H2;7-8H,2-4H2,1H3,(H,9,10). The first-order valence-electron chi connectivity index (χ1n) is 13.5. The molecule has 0 heterocycles. The first kappa shape index (κ1) is 40.3. The van der Waals surface area contributed by atoms with Gasteiger partial charge in [0.2, 0.25) is 0 Å². The van der Waals surface area contributed by atoms with Gasteiger partial charge in [0.15, 0.2) is 0 Å². The van der Waals surface area contributed by atoms with E-state index in [2.05, 4.69) is 11.3 Å². The third kappa shape index (κ3) is 15.6. The van der Waals surface area contributed by atoms with Crippen molar-refractivity contribution in [2.45, 2.75) is 59.0 Å². The summed E-state index contributed by atoms with van der Waals surface area (Å²) in [7, 11) is 0. The molecule has 1 rings (SSSR count). The van der Waals surface area contributed by atoms with Crippen LogP contribution in [0.5, 0.6) is 0 Å². The molecule has 0 fully saturated rings. The van der Waals surface area contributed by atoms with Gasteiger partial charge in [-0.25, -0.2) is 0 Å². The second-order valence-electron chi connectivity index (χ2n) is 9.21. The van der Waals surface area contributed by atoms with E-state index < -0.39 is 49.2 Å². The molecule has 0 bridgehead atoms. The number of hydrogen-bond acceptors (Lipinski definition) is 11. The summed E-state index contributed by atoms with van der Waals surface area (Å²) in [6.45, 7) is 5.37. The normalized spacial score (nSPS) is 10.8. The Bertz CT molecular complexity index is 829. The molecule has 41 heavy (non-hydrogen) atoms. The van der Waals surface area contributed by atoms with Gasteiger partial charge < -0.3 is 45.2 Å². The summed E-state index contributed by atoms with van der Waals surface area (Å²) in [5.41, 5.74) is -0.718. The first-order chi connectivity index (χ1) is 19.5. The zero-order valence-corrected chi connectivity index (χ0v) is 24.2. The summed E-state index contributed by atoms with van der Waals surface area (Å²) in [4.78, 5) is 33.1. The second-order valence-corrected chi connectivity index (χ2v) is 9.21. The van der Waals surface area contributed by atoms with Crippen molar-refractivity contribution in [3.63, 3.8) is 0 Å². The predicted molar refractivity (Wildman–Crippen MR) is 151 cm³/mol. The lowest BCUT2D eigenvalue weighted by molar-refractivity contribution is -0.163. The van der Waals surface area contributed by atoms with E-state index in [4.69, 9.17) is 30.3 Å². The highest BCUT2D eigenvalue weighted by Crippen LogP contribution is 2.23. The molecule has 0 radical (unpaired) electrons. The molecule has 0 saturated heterocycles. The van der Waals surface area contributed by atoms with Crippen LogP contribution in [0.1, 0.15) is 63.5 Å². The lowest BCUT2D eigenvalue weighted by Gasteiger charge is -2.25. The number of unbranched alkanes of at least 4 members (excludes halogenated alkanes) is 2. The molecule has 0 aromatic heterocycles. The van der Waals surface area contributed by atoms with Crippen LogP contribution in [0.25, 0.3) is 6.08 Å². The van der Waals surface area contributed by atoms with Crippen molar-refractivity contribution in [2.24, 2.45) is 10.8 Å². The molecule has 0 unspecified atom stereocenters. The average molecular weight is 589 g/mol. The maximum absolute atomic E-state index is 11.9. The van der Waals surface area contributed by atoms with Gasteiger partial charge in [-0.2, -0.15) is 0 Å². The van der Waals surface area contributed by atoms with E-state index in [-0.39, 0.29) is 38.8 Å². The van der Waals surface area contributed by atoms with Crippen molar-refractivity contribution in [1.29, 1.82) is 0 Å². The van der Waals surface area contributed by atoms with Crippen LogP contribution in [-0.4, -0.2) is 99.9 Å². The van der Waals surface area contributed by atoms with Gasteiger partial charge >= 0.3 is 17.9 Å². The monoisotopic (exact) mass is 588 g/mol. The number of carboxylic acids is 1.